The Hall–Kier alpha value is -0.570. The van der Waals surface area contributed by atoms with E-state index in [2.05, 4.69) is 71.1 Å². The second kappa shape index (κ2) is 5.14. The quantitative estimate of drug-likeness (QED) is 0.503. The monoisotopic (exact) mass is 270 g/mol. The molecule has 0 aromatic heterocycles. The summed E-state index contributed by atoms with van der Waals surface area (Å²) in [4.78, 5) is 1.97. The van der Waals surface area contributed by atoms with Crippen molar-refractivity contribution in [3.63, 3.8) is 0 Å². The molecule has 0 aliphatic rings. The zero-order valence-electron chi connectivity index (χ0n) is 7.00. The third kappa shape index (κ3) is 2.21. The van der Waals surface area contributed by atoms with E-state index in [9.17, 15) is 0 Å². The van der Waals surface area contributed by atoms with Crippen LogP contribution in [0.15, 0.2) is 48.5 Å². The van der Waals surface area contributed by atoms with Crippen LogP contribution in [0.4, 0.5) is 0 Å². The minimum Gasteiger partial charge on any atom is -0.0901 e. The molecule has 0 heterocycles. The normalized spacial score (nSPS) is 8.83. The van der Waals surface area contributed by atoms with Crippen LogP contribution in [0.1, 0.15) is 0 Å². The van der Waals surface area contributed by atoms with E-state index < -0.39 is 0 Å². The molecule has 0 aliphatic carbocycles. The molecule has 1 heteroatoms. The molecule has 0 N–H and O–H groups in total. The van der Waals surface area contributed by atoms with Crippen LogP contribution in [0.25, 0.3) is 10.8 Å². The SMILES string of the molecule is CI.c1ccc2ccccc2c1. The Morgan fingerprint density at radius 3 is 1.17 bits per heavy atom. The lowest BCUT2D eigenvalue weighted by Crippen LogP contribution is -1.67. The van der Waals surface area contributed by atoms with Crippen LogP contribution in [0, 0.1) is 0 Å². The maximum absolute atomic E-state index is 2.15. The van der Waals surface area contributed by atoms with E-state index in [1.165, 1.54) is 10.8 Å². The number of hydrogen-bond acceptors (Lipinski definition) is 0. The summed E-state index contributed by atoms with van der Waals surface area (Å²) in [5.41, 5.74) is 0. The fourth-order valence-corrected chi connectivity index (χ4v) is 1.13. The molecule has 0 aliphatic heterocycles. The Morgan fingerprint density at radius 1 is 0.667 bits per heavy atom. The van der Waals surface area contributed by atoms with Gasteiger partial charge in [0.05, 0.1) is 0 Å². The zero-order chi connectivity index (χ0) is 8.81. The molecule has 12 heavy (non-hydrogen) atoms. The zero-order valence-corrected chi connectivity index (χ0v) is 9.15. The van der Waals surface area contributed by atoms with E-state index >= 15 is 0 Å². The molecule has 0 bridgehead atoms. The summed E-state index contributed by atoms with van der Waals surface area (Å²) >= 11 is 2.15. The average molecular weight is 270 g/mol. The van der Waals surface area contributed by atoms with Crippen molar-refractivity contribution in [1.82, 2.24) is 0 Å². The van der Waals surface area contributed by atoms with Crippen LogP contribution >= 0.6 is 22.6 Å². The van der Waals surface area contributed by atoms with Gasteiger partial charge in [-0.15, -0.1) is 0 Å². The highest BCUT2D eigenvalue weighted by Gasteiger charge is 1.85. The minimum absolute atomic E-state index is 1.31. The van der Waals surface area contributed by atoms with Crippen LogP contribution in [-0.2, 0) is 0 Å². The first-order valence-corrected chi connectivity index (χ1v) is 5.94. The Morgan fingerprint density at radius 2 is 0.917 bits per heavy atom. The summed E-state index contributed by atoms with van der Waals surface area (Å²) < 4.78 is 0. The van der Waals surface area contributed by atoms with Gasteiger partial charge in [0.15, 0.2) is 0 Å². The van der Waals surface area contributed by atoms with Gasteiger partial charge >= 0.3 is 0 Å². The smallest absolute Gasteiger partial charge is 0.0121 e. The van der Waals surface area contributed by atoms with E-state index in [4.69, 9.17) is 0 Å². The number of alkyl halides is 1. The lowest BCUT2D eigenvalue weighted by Gasteiger charge is -1.92. The summed E-state index contributed by atoms with van der Waals surface area (Å²) in [5.74, 6) is 0. The van der Waals surface area contributed by atoms with Gasteiger partial charge in [-0.05, 0) is 15.7 Å². The molecule has 2 rings (SSSR count). The fraction of sp³-hybridized carbons (Fsp3) is 0.0909. The van der Waals surface area contributed by atoms with Crippen molar-refractivity contribution in [2.24, 2.45) is 0 Å². The predicted molar refractivity (Wildman–Crippen MR) is 63.9 cm³/mol. The van der Waals surface area contributed by atoms with Crippen molar-refractivity contribution in [1.29, 1.82) is 0 Å². The Labute approximate surface area is 86.7 Å². The second-order valence-electron chi connectivity index (χ2n) is 2.35. The highest BCUT2D eigenvalue weighted by atomic mass is 127. The minimum atomic E-state index is 1.31. The largest absolute Gasteiger partial charge is 0.0901 e. The molecule has 0 atom stereocenters. The van der Waals surface area contributed by atoms with Crippen molar-refractivity contribution >= 4 is 33.4 Å². The predicted octanol–water partition coefficient (Wildman–Crippen LogP) is 3.89. The van der Waals surface area contributed by atoms with Gasteiger partial charge in [-0.25, -0.2) is 0 Å². The first-order valence-electron chi connectivity index (χ1n) is 3.78. The molecule has 2 aromatic carbocycles. The molecular formula is C11H11I. The molecular weight excluding hydrogens is 259 g/mol. The molecule has 0 nitrogen and oxygen atoms in total. The fourth-order valence-electron chi connectivity index (χ4n) is 1.13. The van der Waals surface area contributed by atoms with Crippen molar-refractivity contribution in [3.05, 3.63) is 48.5 Å². The summed E-state index contributed by atoms with van der Waals surface area (Å²) in [5, 5.41) is 2.62. The first kappa shape index (κ1) is 9.52. The summed E-state index contributed by atoms with van der Waals surface area (Å²) in [7, 11) is 0. The third-order valence-electron chi connectivity index (χ3n) is 1.66. The lowest BCUT2D eigenvalue weighted by atomic mass is 10.1. The maximum atomic E-state index is 2.15. The van der Waals surface area contributed by atoms with Crippen LogP contribution in [0.3, 0.4) is 0 Å². The van der Waals surface area contributed by atoms with Gasteiger partial charge in [-0.1, -0.05) is 71.1 Å². The Balaban J connectivity index is 0.000000336. The molecule has 0 spiro atoms. The van der Waals surface area contributed by atoms with Gasteiger partial charge in [0.2, 0.25) is 0 Å². The topological polar surface area (TPSA) is 0 Å². The van der Waals surface area contributed by atoms with Gasteiger partial charge in [-0.2, -0.15) is 0 Å². The molecule has 0 radical (unpaired) electrons. The summed E-state index contributed by atoms with van der Waals surface area (Å²) in [6.45, 7) is 0. The van der Waals surface area contributed by atoms with Crippen LogP contribution < -0.4 is 0 Å². The summed E-state index contributed by atoms with van der Waals surface area (Å²) in [6.07, 6.45) is 0. The van der Waals surface area contributed by atoms with Gasteiger partial charge in [0.1, 0.15) is 0 Å². The molecule has 0 unspecified atom stereocenters. The highest BCUT2D eigenvalue weighted by Crippen LogP contribution is 2.11. The van der Waals surface area contributed by atoms with Crippen LogP contribution in [0.5, 0.6) is 0 Å². The van der Waals surface area contributed by atoms with E-state index in [0.29, 0.717) is 0 Å². The molecule has 2 aromatic rings. The Bertz CT molecular complexity index is 276. The first-order chi connectivity index (χ1) is 5.97. The van der Waals surface area contributed by atoms with Crippen molar-refractivity contribution in [3.8, 4) is 0 Å². The van der Waals surface area contributed by atoms with Gasteiger partial charge in [0.25, 0.3) is 0 Å². The molecule has 62 valence electrons. The summed E-state index contributed by atoms with van der Waals surface area (Å²) in [6, 6.07) is 16.7. The molecule has 0 saturated heterocycles. The van der Waals surface area contributed by atoms with Gasteiger partial charge in [-0.3, -0.25) is 0 Å². The number of benzene rings is 2. The standard InChI is InChI=1S/C10H8.CH3I/c1-2-6-10-8-4-3-7-9(10)5-1;1-2/h1-8H;1H3. The van der Waals surface area contributed by atoms with Crippen molar-refractivity contribution in [2.75, 3.05) is 4.93 Å². The number of hydrogen-bond donors (Lipinski definition) is 0. The van der Waals surface area contributed by atoms with Crippen molar-refractivity contribution in [2.45, 2.75) is 0 Å². The van der Waals surface area contributed by atoms with Gasteiger partial charge in [0, 0.05) is 0 Å². The number of fused-ring (bicyclic) bond motifs is 1. The second-order valence-corrected chi connectivity index (χ2v) is 2.35. The van der Waals surface area contributed by atoms with Gasteiger partial charge < -0.3 is 0 Å². The Kier molecular flexibility index (Phi) is 4.08. The average Bonchev–Trinajstić information content (AvgIpc) is 2.21. The maximum Gasteiger partial charge on any atom is -0.0121 e. The number of halogens is 1. The van der Waals surface area contributed by atoms with E-state index in [-0.39, 0.29) is 0 Å². The third-order valence-corrected chi connectivity index (χ3v) is 1.66. The van der Waals surface area contributed by atoms with E-state index in [0.717, 1.165) is 0 Å². The van der Waals surface area contributed by atoms with E-state index in [1.807, 2.05) is 4.93 Å². The highest BCUT2D eigenvalue weighted by molar-refractivity contribution is 14.1. The molecule has 0 fully saturated rings. The van der Waals surface area contributed by atoms with Crippen LogP contribution in [0.2, 0.25) is 0 Å². The number of rotatable bonds is 0. The van der Waals surface area contributed by atoms with E-state index in [1.54, 1.807) is 0 Å². The van der Waals surface area contributed by atoms with Crippen molar-refractivity contribution < 1.29 is 0 Å². The van der Waals surface area contributed by atoms with Crippen LogP contribution in [-0.4, -0.2) is 4.93 Å². The lowest BCUT2D eigenvalue weighted by molar-refractivity contribution is 1.75. The molecule has 0 amide bonds. The molecule has 0 saturated carbocycles.